The monoisotopic (exact) mass is 289 g/mol. The van der Waals surface area contributed by atoms with Crippen LogP contribution in [0, 0.1) is 5.92 Å². The molecule has 1 aromatic rings. The number of anilines is 2. The van der Waals surface area contributed by atoms with Crippen molar-refractivity contribution < 1.29 is 14.3 Å². The average molecular weight is 289 g/mol. The van der Waals surface area contributed by atoms with Gasteiger partial charge in [0.25, 0.3) is 0 Å². The lowest BCUT2D eigenvalue weighted by atomic mass is 10.1. The maximum Gasteiger partial charge on any atom is 0.229 e. The third-order valence-corrected chi connectivity index (χ3v) is 3.86. The number of hydrogen-bond acceptors (Lipinski definition) is 4. The number of carbonyl (C=O) groups excluding carboxylic acids is 2. The number of carbonyl (C=O) groups is 2. The summed E-state index contributed by atoms with van der Waals surface area (Å²) in [6.07, 6.45) is 0.269. The van der Waals surface area contributed by atoms with Gasteiger partial charge in [-0.05, 0) is 12.1 Å². The molecule has 0 aliphatic carbocycles. The molecule has 6 nitrogen and oxygen atoms in total. The van der Waals surface area contributed by atoms with Gasteiger partial charge >= 0.3 is 0 Å². The predicted molar refractivity (Wildman–Crippen MR) is 79.2 cm³/mol. The summed E-state index contributed by atoms with van der Waals surface area (Å²) in [7, 11) is 0. The van der Waals surface area contributed by atoms with Crippen LogP contribution < -0.4 is 15.5 Å². The molecule has 2 amide bonds. The van der Waals surface area contributed by atoms with Gasteiger partial charge in [-0.15, -0.1) is 0 Å². The molecule has 1 atom stereocenters. The zero-order chi connectivity index (χ0) is 14.7. The van der Waals surface area contributed by atoms with E-state index in [0.29, 0.717) is 19.8 Å². The first kappa shape index (κ1) is 13.9. The van der Waals surface area contributed by atoms with Gasteiger partial charge in [-0.2, -0.15) is 0 Å². The molecule has 2 saturated heterocycles. The molecule has 2 fully saturated rings. The van der Waals surface area contributed by atoms with Crippen molar-refractivity contribution >= 4 is 23.2 Å². The standard InChI is InChI=1S/C15H19N3O3/c19-14-9-11(10-16-14)15(20)17-12-3-1-2-4-13(12)18-5-7-21-8-6-18/h1-4,11H,5-10H2,(H,16,19)(H,17,20). The summed E-state index contributed by atoms with van der Waals surface area (Å²) in [4.78, 5) is 25.7. The Bertz CT molecular complexity index is 541. The Balaban J connectivity index is 1.72. The minimum absolute atomic E-state index is 0.0587. The fourth-order valence-electron chi connectivity index (χ4n) is 2.68. The van der Waals surface area contributed by atoms with Crippen LogP contribution in [0.4, 0.5) is 11.4 Å². The fraction of sp³-hybridized carbons (Fsp3) is 0.467. The van der Waals surface area contributed by atoms with E-state index in [1.807, 2.05) is 24.3 Å². The average Bonchev–Trinajstić information content (AvgIpc) is 2.95. The van der Waals surface area contributed by atoms with Crippen molar-refractivity contribution in [1.82, 2.24) is 5.32 Å². The molecule has 1 unspecified atom stereocenters. The molecule has 2 heterocycles. The van der Waals surface area contributed by atoms with Crippen LogP contribution in [0.15, 0.2) is 24.3 Å². The highest BCUT2D eigenvalue weighted by molar-refractivity contribution is 5.99. The van der Waals surface area contributed by atoms with Crippen LogP contribution in [0.25, 0.3) is 0 Å². The number of nitrogens with zero attached hydrogens (tertiary/aromatic N) is 1. The van der Waals surface area contributed by atoms with Crippen molar-refractivity contribution in [3.05, 3.63) is 24.3 Å². The Morgan fingerprint density at radius 3 is 2.76 bits per heavy atom. The molecule has 6 heteroatoms. The van der Waals surface area contributed by atoms with Crippen molar-refractivity contribution in [3.8, 4) is 0 Å². The molecule has 3 rings (SSSR count). The maximum absolute atomic E-state index is 12.2. The van der Waals surface area contributed by atoms with E-state index in [1.54, 1.807) is 0 Å². The van der Waals surface area contributed by atoms with Crippen LogP contribution in [0.3, 0.4) is 0 Å². The molecule has 112 valence electrons. The minimum Gasteiger partial charge on any atom is -0.378 e. The highest BCUT2D eigenvalue weighted by Gasteiger charge is 2.28. The Kier molecular flexibility index (Phi) is 4.06. The number of amides is 2. The van der Waals surface area contributed by atoms with Crippen LogP contribution >= 0.6 is 0 Å². The lowest BCUT2D eigenvalue weighted by Gasteiger charge is -2.30. The summed E-state index contributed by atoms with van der Waals surface area (Å²) < 4.78 is 5.36. The van der Waals surface area contributed by atoms with E-state index in [9.17, 15) is 9.59 Å². The molecule has 2 aliphatic heterocycles. The highest BCUT2D eigenvalue weighted by Crippen LogP contribution is 2.27. The summed E-state index contributed by atoms with van der Waals surface area (Å²) in [5.41, 5.74) is 1.80. The zero-order valence-corrected chi connectivity index (χ0v) is 11.8. The van der Waals surface area contributed by atoms with Crippen LogP contribution in [0.2, 0.25) is 0 Å². The van der Waals surface area contributed by atoms with Crippen molar-refractivity contribution in [3.63, 3.8) is 0 Å². The van der Waals surface area contributed by atoms with E-state index in [0.717, 1.165) is 24.5 Å². The third kappa shape index (κ3) is 3.16. The van der Waals surface area contributed by atoms with E-state index in [4.69, 9.17) is 4.74 Å². The molecular weight excluding hydrogens is 270 g/mol. The quantitative estimate of drug-likeness (QED) is 0.855. The summed E-state index contributed by atoms with van der Waals surface area (Å²) in [5, 5.41) is 5.64. The van der Waals surface area contributed by atoms with Gasteiger partial charge in [-0.25, -0.2) is 0 Å². The second-order valence-electron chi connectivity index (χ2n) is 5.31. The van der Waals surface area contributed by atoms with E-state index >= 15 is 0 Å². The van der Waals surface area contributed by atoms with E-state index in [1.165, 1.54) is 0 Å². The third-order valence-electron chi connectivity index (χ3n) is 3.86. The molecule has 21 heavy (non-hydrogen) atoms. The number of hydrogen-bond donors (Lipinski definition) is 2. The first-order valence-electron chi connectivity index (χ1n) is 7.23. The zero-order valence-electron chi connectivity index (χ0n) is 11.8. The van der Waals surface area contributed by atoms with Crippen molar-refractivity contribution in [2.45, 2.75) is 6.42 Å². The van der Waals surface area contributed by atoms with Gasteiger partial charge in [0.2, 0.25) is 11.8 Å². The number of nitrogens with one attached hydrogen (secondary N) is 2. The van der Waals surface area contributed by atoms with Gasteiger partial charge in [0.1, 0.15) is 0 Å². The molecule has 0 radical (unpaired) electrons. The molecule has 0 saturated carbocycles. The largest absolute Gasteiger partial charge is 0.378 e. The summed E-state index contributed by atoms with van der Waals surface area (Å²) >= 11 is 0. The summed E-state index contributed by atoms with van der Waals surface area (Å²) in [5.74, 6) is -0.444. The smallest absolute Gasteiger partial charge is 0.229 e. The number of ether oxygens (including phenoxy) is 1. The Hall–Kier alpha value is -2.08. The highest BCUT2D eigenvalue weighted by atomic mass is 16.5. The van der Waals surface area contributed by atoms with Gasteiger partial charge in [0, 0.05) is 26.1 Å². The molecule has 0 bridgehead atoms. The lowest BCUT2D eigenvalue weighted by Crippen LogP contribution is -2.37. The van der Waals surface area contributed by atoms with E-state index < -0.39 is 0 Å². The van der Waals surface area contributed by atoms with Crippen LogP contribution in [0.1, 0.15) is 6.42 Å². The Morgan fingerprint density at radius 2 is 2.05 bits per heavy atom. The number of rotatable bonds is 3. The maximum atomic E-state index is 12.2. The van der Waals surface area contributed by atoms with Crippen LogP contribution in [-0.4, -0.2) is 44.7 Å². The first-order chi connectivity index (χ1) is 10.2. The summed E-state index contributed by atoms with van der Waals surface area (Å²) in [6.45, 7) is 3.45. The molecule has 1 aromatic carbocycles. The predicted octanol–water partition coefficient (Wildman–Crippen LogP) is 0.598. The molecule has 0 aromatic heterocycles. The first-order valence-corrected chi connectivity index (χ1v) is 7.23. The number of morpholine rings is 1. The molecule has 2 aliphatic rings. The Morgan fingerprint density at radius 1 is 1.29 bits per heavy atom. The molecule has 0 spiro atoms. The SMILES string of the molecule is O=C1CC(C(=O)Nc2ccccc2N2CCOCC2)CN1. The van der Waals surface area contributed by atoms with Gasteiger partial charge < -0.3 is 20.3 Å². The molecular formula is C15H19N3O3. The summed E-state index contributed by atoms with van der Waals surface area (Å²) in [6, 6.07) is 7.75. The normalized spacial score (nSPS) is 22.0. The minimum atomic E-state index is -0.282. The number of benzene rings is 1. The van der Waals surface area contributed by atoms with Gasteiger partial charge in [-0.3, -0.25) is 9.59 Å². The van der Waals surface area contributed by atoms with Gasteiger partial charge in [-0.1, -0.05) is 12.1 Å². The topological polar surface area (TPSA) is 70.7 Å². The van der Waals surface area contributed by atoms with Gasteiger partial charge in [0.05, 0.1) is 30.5 Å². The molecule has 2 N–H and O–H groups in total. The van der Waals surface area contributed by atoms with Crippen LogP contribution in [-0.2, 0) is 14.3 Å². The van der Waals surface area contributed by atoms with Gasteiger partial charge in [0.15, 0.2) is 0 Å². The van der Waals surface area contributed by atoms with Crippen molar-refractivity contribution in [2.24, 2.45) is 5.92 Å². The van der Waals surface area contributed by atoms with E-state index in [-0.39, 0.29) is 24.2 Å². The van der Waals surface area contributed by atoms with E-state index in [2.05, 4.69) is 15.5 Å². The lowest BCUT2D eigenvalue weighted by molar-refractivity contribution is -0.123. The Labute approximate surface area is 123 Å². The van der Waals surface area contributed by atoms with Crippen molar-refractivity contribution in [2.75, 3.05) is 43.1 Å². The fourth-order valence-corrected chi connectivity index (χ4v) is 2.68. The van der Waals surface area contributed by atoms with Crippen molar-refractivity contribution in [1.29, 1.82) is 0 Å². The second kappa shape index (κ2) is 6.13. The van der Waals surface area contributed by atoms with Crippen LogP contribution in [0.5, 0.6) is 0 Å². The number of para-hydroxylation sites is 2. The second-order valence-corrected chi connectivity index (χ2v) is 5.31.